The molecular formula is C31H47Cl2N5O2. The molecule has 3 fully saturated rings. The summed E-state index contributed by atoms with van der Waals surface area (Å²) < 4.78 is 2.03. The van der Waals surface area contributed by atoms with Gasteiger partial charge in [0.25, 0.3) is 0 Å². The summed E-state index contributed by atoms with van der Waals surface area (Å²) in [6.45, 7) is 9.47. The number of halogens is 2. The summed E-state index contributed by atoms with van der Waals surface area (Å²) in [7, 11) is 0. The number of likely N-dealkylation sites (tertiary alicyclic amines) is 1. The first-order valence-corrected chi connectivity index (χ1v) is 14.9. The van der Waals surface area contributed by atoms with E-state index in [9.17, 15) is 9.59 Å². The maximum atomic E-state index is 13.8. The van der Waals surface area contributed by atoms with Crippen LogP contribution in [-0.4, -0.2) is 62.6 Å². The van der Waals surface area contributed by atoms with E-state index in [1.165, 1.54) is 37.7 Å². The maximum absolute atomic E-state index is 13.8. The lowest BCUT2D eigenvalue weighted by Gasteiger charge is -2.52. The summed E-state index contributed by atoms with van der Waals surface area (Å²) in [6, 6.07) is 9.91. The lowest BCUT2D eigenvalue weighted by molar-refractivity contribution is -0.162. The molecule has 7 nitrogen and oxygen atoms in total. The van der Waals surface area contributed by atoms with Crippen molar-refractivity contribution in [2.75, 3.05) is 19.6 Å². The van der Waals surface area contributed by atoms with E-state index in [1.54, 1.807) is 0 Å². The van der Waals surface area contributed by atoms with E-state index in [0.717, 1.165) is 56.0 Å². The van der Waals surface area contributed by atoms with Crippen molar-refractivity contribution in [3.63, 3.8) is 0 Å². The van der Waals surface area contributed by atoms with E-state index in [-0.39, 0.29) is 42.7 Å². The highest BCUT2D eigenvalue weighted by Crippen LogP contribution is 2.36. The monoisotopic (exact) mass is 591 g/mol. The molecule has 2 aromatic rings. The Bertz CT molecular complexity index is 1120. The highest BCUT2D eigenvalue weighted by atomic mass is 35.5. The van der Waals surface area contributed by atoms with Gasteiger partial charge in [-0.3, -0.25) is 14.5 Å². The van der Waals surface area contributed by atoms with Gasteiger partial charge in [-0.15, -0.1) is 24.8 Å². The number of amides is 2. The number of carbonyl (C=O) groups excluding carboxylic acids is 2. The number of aryl methyl sites for hydroxylation is 1. The van der Waals surface area contributed by atoms with E-state index in [4.69, 9.17) is 5.10 Å². The summed E-state index contributed by atoms with van der Waals surface area (Å²) in [5.41, 5.74) is 3.83. The van der Waals surface area contributed by atoms with Gasteiger partial charge in [0, 0.05) is 37.4 Å². The molecule has 2 aliphatic heterocycles. The highest BCUT2D eigenvalue weighted by Gasteiger charge is 2.53. The van der Waals surface area contributed by atoms with Crippen molar-refractivity contribution in [3.8, 4) is 5.69 Å². The van der Waals surface area contributed by atoms with E-state index < -0.39 is 5.54 Å². The van der Waals surface area contributed by atoms with Gasteiger partial charge in [0.1, 0.15) is 11.6 Å². The van der Waals surface area contributed by atoms with Crippen LogP contribution in [0.3, 0.4) is 0 Å². The van der Waals surface area contributed by atoms with Crippen molar-refractivity contribution in [1.29, 1.82) is 0 Å². The van der Waals surface area contributed by atoms with Crippen molar-refractivity contribution in [2.45, 2.75) is 103 Å². The van der Waals surface area contributed by atoms with Gasteiger partial charge in [0.15, 0.2) is 0 Å². The van der Waals surface area contributed by atoms with E-state index >= 15 is 0 Å². The first-order valence-electron chi connectivity index (χ1n) is 14.9. The molecule has 40 heavy (non-hydrogen) atoms. The molecule has 1 atom stereocenters. The number of hydrogen-bond acceptors (Lipinski definition) is 4. The fraction of sp³-hybridized carbons (Fsp3) is 0.645. The number of piperidine rings is 1. The number of nitrogens with one attached hydrogen (secondary N) is 1. The van der Waals surface area contributed by atoms with Crippen molar-refractivity contribution in [1.82, 2.24) is 24.9 Å². The van der Waals surface area contributed by atoms with Gasteiger partial charge in [-0.25, -0.2) is 4.68 Å². The topological polar surface area (TPSA) is 70.5 Å². The first-order chi connectivity index (χ1) is 18.4. The Kier molecular flexibility index (Phi) is 11.5. The van der Waals surface area contributed by atoms with Crippen molar-refractivity contribution >= 4 is 36.6 Å². The second kappa shape index (κ2) is 14.2. The van der Waals surface area contributed by atoms with Crippen LogP contribution in [0, 0.1) is 19.8 Å². The van der Waals surface area contributed by atoms with Crippen LogP contribution < -0.4 is 5.32 Å². The van der Waals surface area contributed by atoms with E-state index in [1.807, 2.05) is 27.8 Å². The second-order valence-corrected chi connectivity index (χ2v) is 11.8. The molecule has 2 amide bonds. The summed E-state index contributed by atoms with van der Waals surface area (Å²) >= 11 is 0. The minimum absolute atomic E-state index is 0. The van der Waals surface area contributed by atoms with E-state index in [2.05, 4.69) is 43.1 Å². The molecule has 1 aromatic carbocycles. The van der Waals surface area contributed by atoms with Gasteiger partial charge in [-0.1, -0.05) is 63.6 Å². The number of aromatic nitrogens is 2. The Labute approximate surface area is 252 Å². The number of para-hydroxylation sites is 1. The van der Waals surface area contributed by atoms with Crippen LogP contribution in [0.2, 0.25) is 0 Å². The minimum atomic E-state index is -0.704. The third-order valence-electron chi connectivity index (χ3n) is 9.34. The fourth-order valence-electron chi connectivity index (χ4n) is 6.96. The summed E-state index contributed by atoms with van der Waals surface area (Å²) in [6.07, 6.45) is 10.3. The van der Waals surface area contributed by atoms with Crippen molar-refractivity contribution in [2.24, 2.45) is 5.92 Å². The molecule has 1 spiro atoms. The molecule has 0 radical (unpaired) electrons. The fourth-order valence-corrected chi connectivity index (χ4v) is 6.96. The molecule has 9 heteroatoms. The molecule has 1 aliphatic carbocycles. The van der Waals surface area contributed by atoms with Crippen LogP contribution in [0.15, 0.2) is 30.3 Å². The molecule has 1 N–H and O–H groups in total. The zero-order valence-corrected chi connectivity index (χ0v) is 26.0. The Morgan fingerprint density at radius 3 is 2.33 bits per heavy atom. The Balaban J connectivity index is 0.00000220. The van der Waals surface area contributed by atoms with Crippen LogP contribution in [-0.2, 0) is 16.1 Å². The zero-order valence-electron chi connectivity index (χ0n) is 24.4. The molecule has 3 heterocycles. The summed E-state index contributed by atoms with van der Waals surface area (Å²) in [5, 5.41) is 8.05. The third kappa shape index (κ3) is 6.52. The first kappa shape index (κ1) is 32.4. The summed E-state index contributed by atoms with van der Waals surface area (Å²) in [4.78, 5) is 32.0. The van der Waals surface area contributed by atoms with Crippen LogP contribution in [0.5, 0.6) is 0 Å². The van der Waals surface area contributed by atoms with E-state index in [0.29, 0.717) is 25.3 Å². The molecule has 1 aromatic heterocycles. The summed E-state index contributed by atoms with van der Waals surface area (Å²) in [5.74, 6) is 0.802. The minimum Gasteiger partial charge on any atom is -0.342 e. The SMILES string of the molecule is CCCCN1C(=O)C(CC2CCCCC2)NC(=O)C12CCN(Cc1c(C)nn(-c3ccccc3)c1C)CC2.Cl.Cl. The third-order valence-corrected chi connectivity index (χ3v) is 9.34. The largest absolute Gasteiger partial charge is 0.342 e. The average molecular weight is 593 g/mol. The Morgan fingerprint density at radius 1 is 1.00 bits per heavy atom. The Hall–Kier alpha value is -2.09. The molecular weight excluding hydrogens is 545 g/mol. The molecule has 2 saturated heterocycles. The van der Waals surface area contributed by atoms with Crippen LogP contribution in [0.4, 0.5) is 0 Å². The van der Waals surface area contributed by atoms with Crippen LogP contribution in [0.1, 0.15) is 88.1 Å². The molecule has 3 aliphatic rings. The molecule has 222 valence electrons. The lowest BCUT2D eigenvalue weighted by atomic mass is 9.79. The normalized spacial score (nSPS) is 21.6. The maximum Gasteiger partial charge on any atom is 0.246 e. The van der Waals surface area contributed by atoms with Gasteiger partial charge >= 0.3 is 0 Å². The van der Waals surface area contributed by atoms with Gasteiger partial charge < -0.3 is 10.2 Å². The smallest absolute Gasteiger partial charge is 0.246 e. The molecule has 0 bridgehead atoms. The predicted molar refractivity (Wildman–Crippen MR) is 165 cm³/mol. The van der Waals surface area contributed by atoms with Gasteiger partial charge in [0.05, 0.1) is 11.4 Å². The molecule has 5 rings (SSSR count). The number of piperazine rings is 1. The molecule has 1 unspecified atom stereocenters. The van der Waals surface area contributed by atoms with Crippen LogP contribution >= 0.6 is 24.8 Å². The predicted octanol–water partition coefficient (Wildman–Crippen LogP) is 5.76. The highest BCUT2D eigenvalue weighted by molar-refractivity contribution is 6.00. The standard InChI is InChI=1S/C31H45N5O2.2ClH/c1-4-5-18-35-29(37)28(21-25-12-8-6-9-13-25)32-30(38)31(35)16-19-34(20-17-31)22-27-23(2)33-36(24(27)3)26-14-10-7-11-15-26;;/h7,10-11,14-15,25,28H,4-6,8-9,12-13,16-22H2,1-3H3,(H,32,38);2*1H. The number of unbranched alkanes of at least 4 members (excludes halogenated alkanes) is 1. The second-order valence-electron chi connectivity index (χ2n) is 11.8. The van der Waals surface area contributed by atoms with Crippen LogP contribution in [0.25, 0.3) is 5.69 Å². The average Bonchev–Trinajstić information content (AvgIpc) is 3.22. The van der Waals surface area contributed by atoms with Crippen molar-refractivity contribution in [3.05, 3.63) is 47.3 Å². The Morgan fingerprint density at radius 2 is 1.68 bits per heavy atom. The number of rotatable bonds is 8. The van der Waals surface area contributed by atoms with Gasteiger partial charge in [0.2, 0.25) is 11.8 Å². The van der Waals surface area contributed by atoms with Crippen molar-refractivity contribution < 1.29 is 9.59 Å². The van der Waals surface area contributed by atoms with Gasteiger partial charge in [-0.05, 0) is 57.6 Å². The zero-order chi connectivity index (χ0) is 26.7. The number of hydrogen-bond donors (Lipinski definition) is 1. The lowest BCUT2D eigenvalue weighted by Crippen LogP contribution is -2.73. The number of benzene rings is 1. The number of carbonyl (C=O) groups is 2. The number of nitrogens with zero attached hydrogens (tertiary/aromatic N) is 4. The quantitative estimate of drug-likeness (QED) is 0.423. The molecule has 1 saturated carbocycles. The van der Waals surface area contributed by atoms with Gasteiger partial charge in [-0.2, -0.15) is 5.10 Å².